The predicted molar refractivity (Wildman–Crippen MR) is 178 cm³/mol. The molecule has 0 bridgehead atoms. The van der Waals surface area contributed by atoms with E-state index in [-0.39, 0.29) is 57.2 Å². The second-order valence-electron chi connectivity index (χ2n) is 18.4. The second kappa shape index (κ2) is 11.6. The number of methoxy groups -OCH3 is 1. The van der Waals surface area contributed by atoms with Crippen LogP contribution in [0.15, 0.2) is 11.6 Å². The highest BCUT2D eigenvalue weighted by Gasteiger charge is 2.71. The number of carbonyl (C=O) groups is 1. The Morgan fingerprint density at radius 3 is 2.16 bits per heavy atom. The minimum absolute atomic E-state index is 0.0609. The number of carboxylic acids is 1. The van der Waals surface area contributed by atoms with Gasteiger partial charge in [0.25, 0.3) is 0 Å². The Labute approximate surface area is 269 Å². The fourth-order valence-electron chi connectivity index (χ4n) is 11.4. The zero-order valence-corrected chi connectivity index (χ0v) is 30.4. The van der Waals surface area contributed by atoms with Crippen LogP contribution >= 0.6 is 0 Å². The lowest BCUT2D eigenvalue weighted by molar-refractivity contribution is -0.231. The van der Waals surface area contributed by atoms with Crippen molar-refractivity contribution in [2.24, 2.45) is 67.8 Å². The largest absolute Gasteiger partial charge is 0.481 e. The van der Waals surface area contributed by atoms with Gasteiger partial charge in [0.15, 0.2) is 0 Å². The molecule has 6 nitrogen and oxygen atoms in total. The maximum absolute atomic E-state index is 13.3. The Morgan fingerprint density at radius 2 is 1.66 bits per heavy atom. The van der Waals surface area contributed by atoms with E-state index in [0.717, 1.165) is 32.1 Å². The Hall–Kier alpha value is -0.950. The first kappa shape index (κ1) is 35.9. The van der Waals surface area contributed by atoms with Crippen LogP contribution in [0, 0.1) is 62.1 Å². The van der Waals surface area contributed by atoms with Gasteiger partial charge >= 0.3 is 5.97 Å². The van der Waals surface area contributed by atoms with Gasteiger partial charge in [-0.2, -0.15) is 0 Å². The molecule has 0 spiro atoms. The van der Waals surface area contributed by atoms with E-state index in [4.69, 9.17) is 15.2 Å². The second-order valence-corrected chi connectivity index (χ2v) is 18.4. The average molecular weight is 618 g/mol. The Bertz CT molecular complexity index is 1110. The molecule has 12 atom stereocenters. The summed E-state index contributed by atoms with van der Waals surface area (Å²) in [5.41, 5.74) is 6.32. The number of ether oxygens (including phenoxy) is 2. The molecular formula is C38H67NO5. The Kier molecular flexibility index (Phi) is 9.49. The summed E-state index contributed by atoms with van der Waals surface area (Å²) in [5.74, 6) is 0.0898. The fraction of sp³-hybridized carbons (Fsp3) is 0.921. The number of aliphatic carboxylic acids is 1. The number of hydrogen-bond donors (Lipinski definition) is 3. The molecule has 44 heavy (non-hydrogen) atoms. The first-order chi connectivity index (χ1) is 20.1. The van der Waals surface area contributed by atoms with Crippen LogP contribution in [-0.2, 0) is 14.3 Å². The van der Waals surface area contributed by atoms with Crippen LogP contribution in [0.2, 0.25) is 0 Å². The highest BCUT2D eigenvalue weighted by atomic mass is 16.5. The van der Waals surface area contributed by atoms with Gasteiger partial charge in [-0.05, 0) is 96.2 Å². The molecule has 0 unspecified atom stereocenters. The van der Waals surface area contributed by atoms with Crippen molar-refractivity contribution in [1.29, 1.82) is 0 Å². The SMILES string of the molecule is CO[C@@H]1C[C@]2([C@H](C)O)C3=CC[C@@]4(C)[C@H](C(=O)O)[C@@](C)([C@H](C)C(C)C)CC[C@]4(C)[C@H]3CC[C@H]2C(C)(C)[C@H]1OC[C@@H](N)C(C)(C)C. The smallest absolute Gasteiger partial charge is 0.307 e. The van der Waals surface area contributed by atoms with Gasteiger partial charge in [-0.1, -0.05) is 87.8 Å². The maximum atomic E-state index is 13.3. The molecule has 0 amide bonds. The number of carboxylic acid groups (broad SMARTS) is 1. The van der Waals surface area contributed by atoms with Crippen molar-refractivity contribution in [3.63, 3.8) is 0 Å². The summed E-state index contributed by atoms with van der Waals surface area (Å²) in [6.07, 6.45) is 6.87. The van der Waals surface area contributed by atoms with Crippen molar-refractivity contribution in [3.05, 3.63) is 11.6 Å². The third-order valence-electron chi connectivity index (χ3n) is 15.0. The minimum atomic E-state index is -0.643. The summed E-state index contributed by atoms with van der Waals surface area (Å²) in [4.78, 5) is 13.3. The zero-order valence-electron chi connectivity index (χ0n) is 30.4. The van der Waals surface area contributed by atoms with Crippen LogP contribution in [0.1, 0.15) is 122 Å². The molecule has 0 aliphatic heterocycles. The van der Waals surface area contributed by atoms with Gasteiger partial charge in [0.2, 0.25) is 0 Å². The molecule has 6 heteroatoms. The molecule has 0 aromatic rings. The zero-order chi connectivity index (χ0) is 33.4. The van der Waals surface area contributed by atoms with Crippen molar-refractivity contribution in [1.82, 2.24) is 0 Å². The quantitative estimate of drug-likeness (QED) is 0.241. The van der Waals surface area contributed by atoms with Crippen LogP contribution in [0.3, 0.4) is 0 Å². The van der Waals surface area contributed by atoms with Gasteiger partial charge in [0.1, 0.15) is 0 Å². The summed E-state index contributed by atoms with van der Waals surface area (Å²) >= 11 is 0. The standard InChI is InChI=1S/C38H67NO5/c1-22(2)23(3)35(10)18-19-36(11)25-14-15-28-34(8,9)31(44-21-29(39)33(5,6)7)27(43-13)20-38(28,24(4)40)26(25)16-17-37(36,12)30(35)32(41)42/h16,22-25,27-31,40H,14-15,17-21,39H2,1-13H3,(H,41,42)/t23-,24+,25+,27-,28+,29-,30-,31+,35-,36-,37+,38+/m1/s1. The van der Waals surface area contributed by atoms with Crippen molar-refractivity contribution < 1.29 is 24.5 Å². The van der Waals surface area contributed by atoms with Crippen molar-refractivity contribution in [2.75, 3.05) is 13.7 Å². The van der Waals surface area contributed by atoms with Crippen molar-refractivity contribution in [2.45, 2.75) is 146 Å². The lowest BCUT2D eigenvalue weighted by Crippen LogP contribution is -2.68. The van der Waals surface area contributed by atoms with Crippen LogP contribution < -0.4 is 5.73 Å². The van der Waals surface area contributed by atoms with Crippen LogP contribution in [0.5, 0.6) is 0 Å². The summed E-state index contributed by atoms with van der Waals surface area (Å²) in [6.45, 7) is 27.2. The Balaban J connectivity index is 1.80. The first-order valence-electron chi connectivity index (χ1n) is 17.6. The molecule has 4 N–H and O–H groups in total. The van der Waals surface area contributed by atoms with E-state index >= 15 is 0 Å². The number of fused-ring (bicyclic) bond motifs is 5. The number of nitrogens with two attached hydrogens (primary N) is 1. The molecule has 0 heterocycles. The van der Waals surface area contributed by atoms with Crippen molar-refractivity contribution in [3.8, 4) is 0 Å². The average Bonchev–Trinajstić information content (AvgIpc) is 2.91. The highest BCUT2D eigenvalue weighted by molar-refractivity contribution is 5.73. The van der Waals surface area contributed by atoms with E-state index in [0.29, 0.717) is 24.9 Å². The van der Waals surface area contributed by atoms with E-state index in [1.807, 2.05) is 6.92 Å². The Morgan fingerprint density at radius 1 is 1.05 bits per heavy atom. The third kappa shape index (κ3) is 5.06. The van der Waals surface area contributed by atoms with Crippen molar-refractivity contribution >= 4 is 5.97 Å². The summed E-state index contributed by atoms with van der Waals surface area (Å²) in [7, 11) is 1.78. The van der Waals surface area contributed by atoms with Gasteiger partial charge < -0.3 is 25.4 Å². The summed E-state index contributed by atoms with van der Waals surface area (Å²) in [6, 6.07) is -0.0914. The number of aliphatic hydroxyl groups is 1. The number of allylic oxidation sites excluding steroid dienone is 1. The van der Waals surface area contributed by atoms with Gasteiger partial charge in [-0.25, -0.2) is 0 Å². The molecule has 3 saturated carbocycles. The summed E-state index contributed by atoms with van der Waals surface area (Å²) in [5, 5.41) is 22.9. The molecule has 0 radical (unpaired) electrons. The lowest BCUT2D eigenvalue weighted by Gasteiger charge is -2.70. The molecule has 0 saturated heterocycles. The van der Waals surface area contributed by atoms with E-state index < -0.39 is 23.4 Å². The maximum Gasteiger partial charge on any atom is 0.307 e. The number of rotatable bonds is 8. The molecule has 0 aromatic heterocycles. The van der Waals surface area contributed by atoms with Crippen LogP contribution in [0.4, 0.5) is 0 Å². The number of aliphatic hydroxyl groups excluding tert-OH is 1. The first-order valence-corrected chi connectivity index (χ1v) is 17.6. The van der Waals surface area contributed by atoms with Gasteiger partial charge in [-0.3, -0.25) is 4.79 Å². The molecule has 4 rings (SSSR count). The summed E-state index contributed by atoms with van der Waals surface area (Å²) < 4.78 is 13.0. The van der Waals surface area contributed by atoms with Gasteiger partial charge in [-0.15, -0.1) is 0 Å². The fourth-order valence-corrected chi connectivity index (χ4v) is 11.4. The van der Waals surface area contributed by atoms with E-state index in [1.165, 1.54) is 5.57 Å². The molecule has 254 valence electrons. The third-order valence-corrected chi connectivity index (χ3v) is 15.0. The van der Waals surface area contributed by atoms with Crippen LogP contribution in [0.25, 0.3) is 0 Å². The molecule has 3 fully saturated rings. The van der Waals surface area contributed by atoms with E-state index in [2.05, 4.69) is 82.2 Å². The van der Waals surface area contributed by atoms with E-state index in [1.54, 1.807) is 7.11 Å². The highest BCUT2D eigenvalue weighted by Crippen LogP contribution is 2.74. The minimum Gasteiger partial charge on any atom is -0.481 e. The van der Waals surface area contributed by atoms with Crippen LogP contribution in [-0.4, -0.2) is 54.3 Å². The van der Waals surface area contributed by atoms with Gasteiger partial charge in [0.05, 0.1) is 30.8 Å². The lowest BCUT2D eigenvalue weighted by atomic mass is 9.34. The van der Waals surface area contributed by atoms with Gasteiger partial charge in [0, 0.05) is 18.6 Å². The molecule has 4 aliphatic rings. The van der Waals surface area contributed by atoms with E-state index in [9.17, 15) is 15.0 Å². The normalized spacial score (nSPS) is 44.1. The predicted octanol–water partition coefficient (Wildman–Crippen LogP) is 7.72. The topological polar surface area (TPSA) is 102 Å². The molecular weight excluding hydrogens is 550 g/mol. The molecule has 4 aliphatic carbocycles. The molecule has 0 aromatic carbocycles. The monoisotopic (exact) mass is 618 g/mol. The number of hydrogen-bond acceptors (Lipinski definition) is 5.